The Labute approximate surface area is 178 Å². The van der Waals surface area contributed by atoms with E-state index in [1.54, 1.807) is 40.2 Å². The van der Waals surface area contributed by atoms with Gasteiger partial charge in [-0.3, -0.25) is 9.48 Å². The standard InChI is InChI=1S/C20H19Cl2N5O2/c1-25(2)18-7-12(5-6-23-18)15-9-24-27-14(11-28)10-26(20(29)19(15)27)13-3-4-16(21)17(22)8-13/h3-9,14,28H,10-11H2,1-2H3. The Bertz CT molecular complexity index is 1080. The van der Waals surface area contributed by atoms with E-state index in [2.05, 4.69) is 10.1 Å². The van der Waals surface area contributed by atoms with Crippen LogP contribution in [0.2, 0.25) is 10.0 Å². The minimum Gasteiger partial charge on any atom is -0.394 e. The number of carbonyl (C=O) groups excluding carboxylic acids is 1. The molecule has 4 rings (SSSR count). The van der Waals surface area contributed by atoms with Crippen molar-refractivity contribution in [1.29, 1.82) is 0 Å². The third kappa shape index (κ3) is 3.46. The van der Waals surface area contributed by atoms with E-state index in [0.29, 0.717) is 27.0 Å². The maximum atomic E-state index is 13.4. The van der Waals surface area contributed by atoms with Gasteiger partial charge in [0, 0.05) is 31.5 Å². The number of hydrogen-bond acceptors (Lipinski definition) is 5. The number of halogens is 2. The van der Waals surface area contributed by atoms with E-state index in [1.807, 2.05) is 31.1 Å². The molecule has 29 heavy (non-hydrogen) atoms. The Balaban J connectivity index is 1.82. The number of aliphatic hydroxyl groups excluding tert-OH is 1. The SMILES string of the molecule is CN(C)c1cc(-c2cnn3c2C(=O)N(c2ccc(Cl)c(Cl)c2)CC3CO)ccn1. The first kappa shape index (κ1) is 19.7. The van der Waals surface area contributed by atoms with Crippen LogP contribution in [0.4, 0.5) is 11.5 Å². The number of hydrogen-bond donors (Lipinski definition) is 1. The summed E-state index contributed by atoms with van der Waals surface area (Å²) in [6.07, 6.45) is 3.35. The van der Waals surface area contributed by atoms with Gasteiger partial charge in [0.25, 0.3) is 5.91 Å². The molecule has 9 heteroatoms. The molecule has 150 valence electrons. The average molecular weight is 432 g/mol. The smallest absolute Gasteiger partial charge is 0.277 e. The van der Waals surface area contributed by atoms with Crippen LogP contribution < -0.4 is 9.80 Å². The third-order valence-corrected chi connectivity index (χ3v) is 5.66. The van der Waals surface area contributed by atoms with Crippen molar-refractivity contribution in [3.63, 3.8) is 0 Å². The largest absolute Gasteiger partial charge is 0.394 e. The monoisotopic (exact) mass is 431 g/mol. The fraction of sp³-hybridized carbons (Fsp3) is 0.250. The first-order chi connectivity index (χ1) is 13.9. The molecule has 1 N–H and O–H groups in total. The number of anilines is 2. The van der Waals surface area contributed by atoms with Gasteiger partial charge >= 0.3 is 0 Å². The van der Waals surface area contributed by atoms with Crippen LogP contribution in [-0.4, -0.2) is 53.0 Å². The summed E-state index contributed by atoms with van der Waals surface area (Å²) in [5.41, 5.74) is 2.54. The molecule has 1 amide bonds. The zero-order chi connectivity index (χ0) is 20.7. The number of benzene rings is 1. The molecule has 0 bridgehead atoms. The molecular weight excluding hydrogens is 413 g/mol. The molecule has 1 aliphatic heterocycles. The van der Waals surface area contributed by atoms with Crippen LogP contribution >= 0.6 is 23.2 Å². The van der Waals surface area contributed by atoms with Gasteiger partial charge in [0.05, 0.1) is 35.4 Å². The van der Waals surface area contributed by atoms with Gasteiger partial charge in [-0.15, -0.1) is 0 Å². The number of aliphatic hydroxyl groups is 1. The average Bonchev–Trinajstić information content (AvgIpc) is 3.16. The first-order valence-corrected chi connectivity index (χ1v) is 9.75. The summed E-state index contributed by atoms with van der Waals surface area (Å²) in [5, 5.41) is 15.1. The lowest BCUT2D eigenvalue weighted by molar-refractivity contribution is 0.0935. The maximum absolute atomic E-state index is 13.4. The molecule has 7 nitrogen and oxygen atoms in total. The number of rotatable bonds is 4. The fourth-order valence-corrected chi connectivity index (χ4v) is 3.70. The molecule has 1 aromatic carbocycles. The van der Waals surface area contributed by atoms with Crippen molar-refractivity contribution in [1.82, 2.24) is 14.8 Å². The summed E-state index contributed by atoms with van der Waals surface area (Å²) in [5.74, 6) is 0.551. The van der Waals surface area contributed by atoms with E-state index in [1.165, 1.54) is 0 Å². The van der Waals surface area contributed by atoms with Gasteiger partial charge in [0.15, 0.2) is 0 Å². The molecule has 1 aliphatic rings. The highest BCUT2D eigenvalue weighted by atomic mass is 35.5. The predicted molar refractivity (Wildman–Crippen MR) is 114 cm³/mol. The predicted octanol–water partition coefficient (Wildman–Crippen LogP) is 3.51. The highest BCUT2D eigenvalue weighted by molar-refractivity contribution is 6.42. The molecule has 0 aliphatic carbocycles. The zero-order valence-electron chi connectivity index (χ0n) is 15.9. The summed E-state index contributed by atoms with van der Waals surface area (Å²) in [7, 11) is 3.80. The van der Waals surface area contributed by atoms with Crippen LogP contribution in [0.3, 0.4) is 0 Å². The third-order valence-electron chi connectivity index (χ3n) is 4.92. The van der Waals surface area contributed by atoms with Crippen LogP contribution in [-0.2, 0) is 0 Å². The van der Waals surface area contributed by atoms with Crippen LogP contribution in [0.5, 0.6) is 0 Å². The number of pyridine rings is 1. The highest BCUT2D eigenvalue weighted by Gasteiger charge is 2.35. The zero-order valence-corrected chi connectivity index (χ0v) is 17.4. The second kappa shape index (κ2) is 7.67. The molecule has 0 fully saturated rings. The van der Waals surface area contributed by atoms with E-state index < -0.39 is 0 Å². The van der Waals surface area contributed by atoms with Crippen molar-refractivity contribution in [2.24, 2.45) is 0 Å². The van der Waals surface area contributed by atoms with Gasteiger partial charge in [-0.05, 0) is 35.9 Å². The molecule has 1 atom stereocenters. The second-order valence-electron chi connectivity index (χ2n) is 7.00. The molecule has 3 aromatic rings. The van der Waals surface area contributed by atoms with Crippen LogP contribution in [0.15, 0.2) is 42.7 Å². The summed E-state index contributed by atoms with van der Waals surface area (Å²) in [4.78, 5) is 21.2. The minimum absolute atomic E-state index is 0.154. The summed E-state index contributed by atoms with van der Waals surface area (Å²) >= 11 is 12.2. The molecule has 0 radical (unpaired) electrons. The molecule has 2 aromatic heterocycles. The van der Waals surface area contributed by atoms with Crippen molar-refractivity contribution in [2.45, 2.75) is 6.04 Å². The van der Waals surface area contributed by atoms with Gasteiger partial charge in [-0.1, -0.05) is 23.2 Å². The van der Waals surface area contributed by atoms with Crippen molar-refractivity contribution in [3.05, 3.63) is 58.5 Å². The summed E-state index contributed by atoms with van der Waals surface area (Å²) in [6, 6.07) is 8.41. The Hall–Kier alpha value is -2.61. The lowest BCUT2D eigenvalue weighted by Gasteiger charge is -2.33. The number of amides is 1. The molecular formula is C20H19Cl2N5O2. The van der Waals surface area contributed by atoms with Gasteiger partial charge in [-0.25, -0.2) is 4.98 Å². The second-order valence-corrected chi connectivity index (χ2v) is 7.81. The van der Waals surface area contributed by atoms with E-state index in [4.69, 9.17) is 23.2 Å². The molecule has 0 saturated carbocycles. The van der Waals surface area contributed by atoms with Crippen molar-refractivity contribution >= 4 is 40.6 Å². The van der Waals surface area contributed by atoms with Crippen molar-refractivity contribution in [3.8, 4) is 11.1 Å². The van der Waals surface area contributed by atoms with Gasteiger partial charge in [0.1, 0.15) is 11.5 Å². The first-order valence-electron chi connectivity index (χ1n) is 8.99. The maximum Gasteiger partial charge on any atom is 0.277 e. The van der Waals surface area contributed by atoms with E-state index >= 15 is 0 Å². The van der Waals surface area contributed by atoms with E-state index in [9.17, 15) is 9.90 Å². The lowest BCUT2D eigenvalue weighted by atomic mass is 10.0. The molecule has 0 saturated heterocycles. The van der Waals surface area contributed by atoms with Gasteiger partial charge in [0.2, 0.25) is 0 Å². The normalized spacial score (nSPS) is 16.1. The van der Waals surface area contributed by atoms with Gasteiger partial charge in [-0.2, -0.15) is 5.10 Å². The fourth-order valence-electron chi connectivity index (χ4n) is 3.40. The number of aromatic nitrogens is 3. The Kier molecular flexibility index (Phi) is 5.21. The Morgan fingerprint density at radius 2 is 2.00 bits per heavy atom. The van der Waals surface area contributed by atoms with Crippen molar-refractivity contribution < 1.29 is 9.90 Å². The molecule has 1 unspecified atom stereocenters. The van der Waals surface area contributed by atoms with Crippen LogP contribution in [0.25, 0.3) is 11.1 Å². The number of carbonyl (C=O) groups is 1. The summed E-state index contributed by atoms with van der Waals surface area (Å²) < 4.78 is 1.60. The number of fused-ring (bicyclic) bond motifs is 1. The van der Waals surface area contributed by atoms with E-state index in [0.717, 1.165) is 11.4 Å². The number of nitrogens with zero attached hydrogens (tertiary/aromatic N) is 5. The van der Waals surface area contributed by atoms with Crippen LogP contribution in [0, 0.1) is 0 Å². The topological polar surface area (TPSA) is 74.5 Å². The Morgan fingerprint density at radius 1 is 1.21 bits per heavy atom. The highest BCUT2D eigenvalue weighted by Crippen LogP contribution is 2.35. The molecule has 0 spiro atoms. The Morgan fingerprint density at radius 3 is 2.69 bits per heavy atom. The lowest BCUT2D eigenvalue weighted by Crippen LogP contribution is -2.44. The van der Waals surface area contributed by atoms with Gasteiger partial charge < -0.3 is 14.9 Å². The van der Waals surface area contributed by atoms with Crippen LogP contribution in [0.1, 0.15) is 16.5 Å². The minimum atomic E-state index is -0.374. The van der Waals surface area contributed by atoms with Crippen molar-refractivity contribution in [2.75, 3.05) is 37.0 Å². The molecule has 3 heterocycles. The van der Waals surface area contributed by atoms with E-state index in [-0.39, 0.29) is 25.1 Å². The summed E-state index contributed by atoms with van der Waals surface area (Å²) in [6.45, 7) is 0.124. The quantitative estimate of drug-likeness (QED) is 0.683.